The van der Waals surface area contributed by atoms with E-state index in [-0.39, 0.29) is 17.0 Å². The van der Waals surface area contributed by atoms with Gasteiger partial charge in [0.05, 0.1) is 23.9 Å². The second-order valence-electron chi connectivity index (χ2n) is 5.09. The molecule has 126 valence electrons. The number of ether oxygens (including phenoxy) is 1. The normalized spacial score (nSPS) is 10.3. The lowest BCUT2D eigenvalue weighted by molar-refractivity contribution is 0.100. The first kappa shape index (κ1) is 16.3. The number of anilines is 1. The van der Waals surface area contributed by atoms with Crippen LogP contribution in [0.3, 0.4) is 0 Å². The van der Waals surface area contributed by atoms with Gasteiger partial charge in [0.1, 0.15) is 5.75 Å². The highest BCUT2D eigenvalue weighted by Gasteiger charge is 2.22. The highest BCUT2D eigenvalue weighted by Crippen LogP contribution is 2.32. The summed E-state index contributed by atoms with van der Waals surface area (Å²) in [6.45, 7) is 0. The Hall–Kier alpha value is -3.61. The number of benzene rings is 2. The zero-order valence-electron chi connectivity index (χ0n) is 13.4. The molecular formula is C18H15N3O4. The van der Waals surface area contributed by atoms with Gasteiger partial charge in [0.15, 0.2) is 17.8 Å². The van der Waals surface area contributed by atoms with Crippen LogP contribution >= 0.6 is 0 Å². The summed E-state index contributed by atoms with van der Waals surface area (Å²) < 4.78 is 10.7. The molecule has 0 bridgehead atoms. The molecule has 0 aliphatic rings. The van der Waals surface area contributed by atoms with Crippen LogP contribution in [-0.4, -0.2) is 23.9 Å². The monoisotopic (exact) mass is 337 g/mol. The Balaban J connectivity index is 1.96. The highest BCUT2D eigenvalue weighted by atomic mass is 16.5. The third-order valence-electron chi connectivity index (χ3n) is 3.57. The number of oxazole rings is 1. The summed E-state index contributed by atoms with van der Waals surface area (Å²) in [7, 11) is 1.53. The molecule has 25 heavy (non-hydrogen) atoms. The van der Waals surface area contributed by atoms with Gasteiger partial charge in [0.25, 0.3) is 11.8 Å². The molecule has 0 unspecified atom stereocenters. The molecule has 7 nitrogen and oxygen atoms in total. The maximum Gasteiger partial charge on any atom is 0.278 e. The Morgan fingerprint density at radius 2 is 1.84 bits per heavy atom. The van der Waals surface area contributed by atoms with Crippen molar-refractivity contribution in [2.75, 3.05) is 12.4 Å². The number of hydrogen-bond donors (Lipinski definition) is 2. The summed E-state index contributed by atoms with van der Waals surface area (Å²) in [4.78, 5) is 28.1. The first-order valence-corrected chi connectivity index (χ1v) is 7.39. The molecule has 0 fully saturated rings. The minimum Gasteiger partial charge on any atom is -0.496 e. The molecule has 0 radical (unpaired) electrons. The number of hydrogen-bond acceptors (Lipinski definition) is 5. The average Bonchev–Trinajstić information content (AvgIpc) is 3.11. The van der Waals surface area contributed by atoms with Crippen LogP contribution < -0.4 is 15.8 Å². The SMILES string of the molecule is COc1ccccc1-c1ocnc1C(=O)Nc1ccccc1C(N)=O. The molecule has 0 aliphatic heterocycles. The maximum atomic E-state index is 12.6. The number of carbonyl (C=O) groups excluding carboxylic acids is 2. The predicted octanol–water partition coefficient (Wildman–Crippen LogP) is 2.70. The quantitative estimate of drug-likeness (QED) is 0.744. The summed E-state index contributed by atoms with van der Waals surface area (Å²) >= 11 is 0. The lowest BCUT2D eigenvalue weighted by Gasteiger charge is -2.09. The zero-order chi connectivity index (χ0) is 17.8. The van der Waals surface area contributed by atoms with Crippen molar-refractivity contribution in [1.29, 1.82) is 0 Å². The number of methoxy groups -OCH3 is 1. The van der Waals surface area contributed by atoms with Crippen LogP contribution in [0.25, 0.3) is 11.3 Å². The second-order valence-corrected chi connectivity index (χ2v) is 5.09. The van der Waals surface area contributed by atoms with Crippen molar-refractivity contribution in [3.05, 3.63) is 66.2 Å². The van der Waals surface area contributed by atoms with Gasteiger partial charge in [-0.2, -0.15) is 0 Å². The fraction of sp³-hybridized carbons (Fsp3) is 0.0556. The lowest BCUT2D eigenvalue weighted by Crippen LogP contribution is -2.18. The number of para-hydroxylation sites is 2. The van der Waals surface area contributed by atoms with Crippen LogP contribution in [0, 0.1) is 0 Å². The number of amides is 2. The first-order chi connectivity index (χ1) is 12.1. The Bertz CT molecular complexity index is 933. The van der Waals surface area contributed by atoms with Gasteiger partial charge in [-0.15, -0.1) is 0 Å². The topological polar surface area (TPSA) is 107 Å². The molecule has 2 amide bonds. The second kappa shape index (κ2) is 6.88. The third-order valence-corrected chi connectivity index (χ3v) is 3.57. The Morgan fingerprint density at radius 3 is 2.60 bits per heavy atom. The molecular weight excluding hydrogens is 322 g/mol. The van der Waals surface area contributed by atoms with E-state index >= 15 is 0 Å². The van der Waals surface area contributed by atoms with Gasteiger partial charge in [0, 0.05) is 0 Å². The van der Waals surface area contributed by atoms with E-state index in [2.05, 4.69) is 10.3 Å². The molecule has 3 aromatic rings. The van der Waals surface area contributed by atoms with E-state index in [0.717, 1.165) is 0 Å². The molecule has 3 N–H and O–H groups in total. The van der Waals surface area contributed by atoms with Crippen LogP contribution in [0.1, 0.15) is 20.8 Å². The van der Waals surface area contributed by atoms with Crippen molar-refractivity contribution < 1.29 is 18.7 Å². The number of carbonyl (C=O) groups is 2. The van der Waals surface area contributed by atoms with E-state index in [0.29, 0.717) is 17.0 Å². The van der Waals surface area contributed by atoms with Gasteiger partial charge in [-0.3, -0.25) is 9.59 Å². The van der Waals surface area contributed by atoms with E-state index in [4.69, 9.17) is 14.9 Å². The minimum absolute atomic E-state index is 0.0729. The molecule has 2 aromatic carbocycles. The zero-order valence-corrected chi connectivity index (χ0v) is 13.4. The Morgan fingerprint density at radius 1 is 1.12 bits per heavy atom. The van der Waals surface area contributed by atoms with E-state index in [9.17, 15) is 9.59 Å². The Kier molecular flexibility index (Phi) is 4.47. The molecule has 0 atom stereocenters. The number of rotatable bonds is 5. The van der Waals surface area contributed by atoms with Crippen molar-refractivity contribution >= 4 is 17.5 Å². The summed E-state index contributed by atoms with van der Waals surface area (Å²) in [6.07, 6.45) is 1.18. The van der Waals surface area contributed by atoms with Crippen LogP contribution in [0.5, 0.6) is 5.75 Å². The predicted molar refractivity (Wildman–Crippen MR) is 91.4 cm³/mol. The van der Waals surface area contributed by atoms with Crippen molar-refractivity contribution in [3.8, 4) is 17.1 Å². The molecule has 1 heterocycles. The average molecular weight is 337 g/mol. The highest BCUT2D eigenvalue weighted by molar-refractivity contribution is 6.10. The summed E-state index contributed by atoms with van der Waals surface area (Å²) in [5.74, 6) is -0.346. The van der Waals surface area contributed by atoms with Gasteiger partial charge in [-0.25, -0.2) is 4.98 Å². The fourth-order valence-electron chi connectivity index (χ4n) is 2.42. The van der Waals surface area contributed by atoms with E-state index in [1.54, 1.807) is 36.4 Å². The number of primary amides is 1. The lowest BCUT2D eigenvalue weighted by atomic mass is 10.1. The molecule has 3 rings (SSSR count). The van der Waals surface area contributed by atoms with Gasteiger partial charge in [0.2, 0.25) is 0 Å². The smallest absolute Gasteiger partial charge is 0.278 e. The molecule has 0 aliphatic carbocycles. The molecule has 0 spiro atoms. The third kappa shape index (κ3) is 3.20. The van der Waals surface area contributed by atoms with Crippen LogP contribution in [0.2, 0.25) is 0 Å². The number of aromatic nitrogens is 1. The summed E-state index contributed by atoms with van der Waals surface area (Å²) in [5, 5.41) is 2.64. The summed E-state index contributed by atoms with van der Waals surface area (Å²) in [5.41, 5.74) is 6.50. The van der Waals surface area contributed by atoms with Gasteiger partial charge in [-0.05, 0) is 24.3 Å². The van der Waals surface area contributed by atoms with Crippen molar-refractivity contribution in [3.63, 3.8) is 0 Å². The molecule has 0 saturated heterocycles. The van der Waals surface area contributed by atoms with Crippen molar-refractivity contribution in [2.45, 2.75) is 0 Å². The Labute approximate surface area is 143 Å². The van der Waals surface area contributed by atoms with Crippen molar-refractivity contribution in [2.24, 2.45) is 5.73 Å². The minimum atomic E-state index is -0.638. The van der Waals surface area contributed by atoms with Crippen LogP contribution in [0.4, 0.5) is 5.69 Å². The van der Waals surface area contributed by atoms with Gasteiger partial charge >= 0.3 is 0 Å². The number of nitrogens with one attached hydrogen (secondary N) is 1. The standard InChI is InChI=1S/C18H15N3O4/c1-24-14-9-5-3-7-12(14)16-15(20-10-25-16)18(23)21-13-8-4-2-6-11(13)17(19)22/h2-10H,1H3,(H2,19,22)(H,21,23). The largest absolute Gasteiger partial charge is 0.496 e. The van der Waals surface area contributed by atoms with Gasteiger partial charge < -0.3 is 20.2 Å². The molecule has 1 aromatic heterocycles. The fourth-order valence-corrected chi connectivity index (χ4v) is 2.42. The van der Waals surface area contributed by atoms with E-state index in [1.807, 2.05) is 6.07 Å². The first-order valence-electron chi connectivity index (χ1n) is 7.39. The summed E-state index contributed by atoms with van der Waals surface area (Å²) in [6, 6.07) is 13.6. The van der Waals surface area contributed by atoms with E-state index < -0.39 is 11.8 Å². The van der Waals surface area contributed by atoms with Crippen molar-refractivity contribution in [1.82, 2.24) is 4.98 Å². The maximum absolute atomic E-state index is 12.6. The van der Waals surface area contributed by atoms with E-state index in [1.165, 1.54) is 19.6 Å². The van der Waals surface area contributed by atoms with Gasteiger partial charge in [-0.1, -0.05) is 24.3 Å². The molecule has 0 saturated carbocycles. The number of nitrogens with two attached hydrogens (primary N) is 1. The molecule has 7 heteroatoms. The van der Waals surface area contributed by atoms with Crippen LogP contribution in [0.15, 0.2) is 59.3 Å². The van der Waals surface area contributed by atoms with Crippen LogP contribution in [-0.2, 0) is 0 Å². The number of nitrogens with zero attached hydrogens (tertiary/aromatic N) is 1.